The Bertz CT molecular complexity index is 349. The Hall–Kier alpha value is -0.170. The average Bonchev–Trinajstić information content (AvgIpc) is 2.71. The maximum Gasteiger partial charge on any atom is -1.00 e. The van der Waals surface area contributed by atoms with E-state index in [4.69, 9.17) is 0 Å². The van der Waals surface area contributed by atoms with E-state index in [-0.39, 0.29) is 2.85 Å². The summed E-state index contributed by atoms with van der Waals surface area (Å²) in [5.41, 5.74) is 3.13. The monoisotopic (exact) mass is 340 g/mol. The minimum Gasteiger partial charge on any atom is -1.00 e. The molecule has 0 radical (unpaired) electrons. The molecule has 0 heterocycles. The van der Waals surface area contributed by atoms with E-state index in [9.17, 15) is 0 Å². The first kappa shape index (κ1) is 9.39. The van der Waals surface area contributed by atoms with Gasteiger partial charge in [-0.1, -0.05) is 0 Å². The van der Waals surface area contributed by atoms with Gasteiger partial charge in [-0.05, 0) is 0 Å². The van der Waals surface area contributed by atoms with Crippen LogP contribution in [-0.2, 0) is 22.9 Å². The predicted octanol–water partition coefficient (Wildman–Crippen LogP) is 3.76. The van der Waals surface area contributed by atoms with Gasteiger partial charge >= 0.3 is 91.7 Å². The van der Waals surface area contributed by atoms with Gasteiger partial charge in [0.2, 0.25) is 0 Å². The molecule has 2 rings (SSSR count). The Morgan fingerprint density at radius 1 is 1.31 bits per heavy atom. The molecule has 0 amide bonds. The van der Waals surface area contributed by atoms with E-state index in [1.165, 1.54) is 18.4 Å². The molecule has 1 heteroatoms. The Balaban J connectivity index is 0.000000980. The molecule has 2 aliphatic carbocycles. The zero-order valence-corrected chi connectivity index (χ0v) is 11.8. The molecular weight excluding hydrogens is 323 g/mol. The molecule has 0 spiro atoms. The van der Waals surface area contributed by atoms with Gasteiger partial charge in [0.1, 0.15) is 0 Å². The van der Waals surface area contributed by atoms with Gasteiger partial charge in [-0.15, -0.1) is 0 Å². The summed E-state index contributed by atoms with van der Waals surface area (Å²) in [6.45, 7) is 4.54. The molecule has 0 aromatic heterocycles. The molecule has 0 aromatic carbocycles. The van der Waals surface area contributed by atoms with Crippen LogP contribution in [0.4, 0.5) is 0 Å². The number of hydrogen-bond donors (Lipinski definition) is 0. The van der Waals surface area contributed by atoms with Crippen molar-refractivity contribution in [1.29, 1.82) is 0 Å². The fraction of sp³-hybridized carbons (Fsp3) is 0.333. The fourth-order valence-electron chi connectivity index (χ4n) is 1.68. The second-order valence-electron chi connectivity index (χ2n) is 3.64. The quantitative estimate of drug-likeness (QED) is 0.673. The zero-order valence-electron chi connectivity index (χ0n) is 10.2. The van der Waals surface area contributed by atoms with Crippen LogP contribution >= 0.6 is 0 Å². The van der Waals surface area contributed by atoms with Crippen molar-refractivity contribution >= 4 is 0 Å². The Labute approximate surface area is 94.4 Å². The average molecular weight is 339 g/mol. The van der Waals surface area contributed by atoms with E-state index in [0.717, 1.165) is 0 Å². The Morgan fingerprint density at radius 2 is 2.15 bits per heavy atom. The SMILES string of the molecule is CC1=CC[C]([Hf][C]2=CC=CC2)=C1C.[H-].[H-]. The summed E-state index contributed by atoms with van der Waals surface area (Å²) in [6.07, 6.45) is 11.7. The summed E-state index contributed by atoms with van der Waals surface area (Å²) in [4.78, 5) is 0. The molecule has 13 heavy (non-hydrogen) atoms. The molecule has 70 valence electrons. The first-order chi connectivity index (χ1) is 6.27. The summed E-state index contributed by atoms with van der Waals surface area (Å²) < 4.78 is 3.57. The topological polar surface area (TPSA) is 0 Å². The van der Waals surface area contributed by atoms with Crippen molar-refractivity contribution in [1.82, 2.24) is 0 Å². The molecule has 2 aliphatic rings. The van der Waals surface area contributed by atoms with Crippen molar-refractivity contribution in [3.05, 3.63) is 42.1 Å². The van der Waals surface area contributed by atoms with Gasteiger partial charge in [0.05, 0.1) is 0 Å². The Morgan fingerprint density at radius 3 is 2.69 bits per heavy atom. The molecule has 0 fully saturated rings. The molecule has 0 saturated carbocycles. The van der Waals surface area contributed by atoms with E-state index in [1.807, 2.05) is 3.33 Å². The van der Waals surface area contributed by atoms with Crippen LogP contribution in [0.3, 0.4) is 0 Å². The normalized spacial score (nSPS) is 20.8. The first-order valence-electron chi connectivity index (χ1n) is 4.77. The number of rotatable bonds is 2. The number of allylic oxidation sites excluding steroid dienone is 8. The van der Waals surface area contributed by atoms with Crippen molar-refractivity contribution < 1.29 is 25.8 Å². The second-order valence-corrected chi connectivity index (χ2v) is 9.02. The summed E-state index contributed by atoms with van der Waals surface area (Å²) in [6, 6.07) is 0. The summed E-state index contributed by atoms with van der Waals surface area (Å²) in [5, 5.41) is 0. The van der Waals surface area contributed by atoms with Gasteiger partial charge in [-0.25, -0.2) is 0 Å². The smallest absolute Gasteiger partial charge is 1.00 e. The molecule has 0 saturated heterocycles. The van der Waals surface area contributed by atoms with Crippen LogP contribution in [0.2, 0.25) is 0 Å². The molecule has 0 nitrogen and oxygen atoms in total. The van der Waals surface area contributed by atoms with Crippen LogP contribution < -0.4 is 0 Å². The van der Waals surface area contributed by atoms with Crippen molar-refractivity contribution in [2.45, 2.75) is 26.7 Å². The summed E-state index contributed by atoms with van der Waals surface area (Å²) in [5.74, 6) is 0. The van der Waals surface area contributed by atoms with Crippen LogP contribution in [0.1, 0.15) is 29.5 Å². The first-order valence-corrected chi connectivity index (χ1v) is 8.36. The minimum absolute atomic E-state index is 0. The maximum atomic E-state index is 2.39. The van der Waals surface area contributed by atoms with E-state index >= 15 is 0 Å². The number of hydrogen-bond acceptors (Lipinski definition) is 0. The van der Waals surface area contributed by atoms with E-state index in [1.54, 1.807) is 8.90 Å². The fourth-order valence-corrected chi connectivity index (χ4v) is 6.62. The van der Waals surface area contributed by atoms with Crippen LogP contribution in [0, 0.1) is 0 Å². The molecule has 0 atom stereocenters. The van der Waals surface area contributed by atoms with E-state index in [0.29, 0.717) is 0 Å². The van der Waals surface area contributed by atoms with E-state index in [2.05, 4.69) is 38.2 Å². The third-order valence-electron chi connectivity index (χ3n) is 2.74. The van der Waals surface area contributed by atoms with Gasteiger partial charge < -0.3 is 2.85 Å². The Kier molecular flexibility index (Phi) is 2.83. The zero-order chi connectivity index (χ0) is 9.26. The van der Waals surface area contributed by atoms with Gasteiger partial charge in [0.15, 0.2) is 0 Å². The summed E-state index contributed by atoms with van der Waals surface area (Å²) >= 11 is -0.599. The molecular formula is C12H16Hf-2. The molecule has 0 bridgehead atoms. The third-order valence-corrected chi connectivity index (χ3v) is 8.39. The van der Waals surface area contributed by atoms with Crippen LogP contribution in [-0.4, -0.2) is 0 Å². The van der Waals surface area contributed by atoms with Crippen molar-refractivity contribution in [2.75, 3.05) is 0 Å². The maximum absolute atomic E-state index is 2.39. The molecule has 0 N–H and O–H groups in total. The van der Waals surface area contributed by atoms with Gasteiger partial charge in [0, 0.05) is 0 Å². The van der Waals surface area contributed by atoms with E-state index < -0.39 is 22.9 Å². The third kappa shape index (κ3) is 2.01. The van der Waals surface area contributed by atoms with Crippen LogP contribution in [0.15, 0.2) is 42.1 Å². The molecule has 0 aromatic rings. The van der Waals surface area contributed by atoms with Crippen LogP contribution in [0.5, 0.6) is 0 Å². The largest absolute Gasteiger partial charge is 1.00 e. The second kappa shape index (κ2) is 3.91. The van der Waals surface area contributed by atoms with Gasteiger partial charge in [-0.3, -0.25) is 0 Å². The van der Waals surface area contributed by atoms with Gasteiger partial charge in [0.25, 0.3) is 0 Å². The molecule has 0 aliphatic heterocycles. The minimum atomic E-state index is -0.599. The van der Waals surface area contributed by atoms with Crippen molar-refractivity contribution in [2.24, 2.45) is 0 Å². The predicted molar refractivity (Wildman–Crippen MR) is 55.1 cm³/mol. The summed E-state index contributed by atoms with van der Waals surface area (Å²) in [7, 11) is 0. The van der Waals surface area contributed by atoms with Crippen molar-refractivity contribution in [3.63, 3.8) is 0 Å². The van der Waals surface area contributed by atoms with Crippen molar-refractivity contribution in [3.8, 4) is 0 Å². The van der Waals surface area contributed by atoms with Gasteiger partial charge in [-0.2, -0.15) is 0 Å². The molecule has 0 unspecified atom stereocenters. The van der Waals surface area contributed by atoms with Crippen LogP contribution in [0.25, 0.3) is 0 Å². The standard InChI is InChI=1S/C7H9.C5H5.Hf.2H/c1-6-4-3-5-7(6)2;1-2-4-5-3-1;;;/h4H,3H2,1-2H3;1-3H,4H2;;;/q;;;2*-1.